The van der Waals surface area contributed by atoms with Crippen molar-refractivity contribution in [2.24, 2.45) is 5.92 Å². The van der Waals surface area contributed by atoms with E-state index in [1.807, 2.05) is 25.2 Å². The predicted octanol–water partition coefficient (Wildman–Crippen LogP) is 2.18. The van der Waals surface area contributed by atoms with Crippen molar-refractivity contribution in [2.75, 3.05) is 27.6 Å². The monoisotopic (exact) mass is 251 g/mol. The fourth-order valence-electron chi connectivity index (χ4n) is 1.75. The number of rotatable bonds is 8. The summed E-state index contributed by atoms with van der Waals surface area (Å²) in [7, 11) is 3.57. The van der Waals surface area contributed by atoms with Crippen LogP contribution in [-0.2, 0) is 11.3 Å². The molecule has 0 aromatic heterocycles. The molecule has 1 aromatic carbocycles. The molecule has 0 radical (unpaired) electrons. The lowest BCUT2D eigenvalue weighted by molar-refractivity contribution is 0.00865. The van der Waals surface area contributed by atoms with Crippen molar-refractivity contribution in [3.63, 3.8) is 0 Å². The minimum absolute atomic E-state index is 0.290. The molecule has 1 N–H and O–H groups in total. The second kappa shape index (κ2) is 6.61. The molecule has 18 heavy (non-hydrogen) atoms. The Balaban J connectivity index is 1.85. The van der Waals surface area contributed by atoms with E-state index in [0.717, 1.165) is 30.6 Å². The summed E-state index contributed by atoms with van der Waals surface area (Å²) in [6, 6.07) is 5.92. The lowest BCUT2D eigenvalue weighted by Crippen LogP contribution is -2.07. The zero-order valence-corrected chi connectivity index (χ0v) is 11.1. The second-order valence-electron chi connectivity index (χ2n) is 4.59. The first-order valence-corrected chi connectivity index (χ1v) is 6.35. The molecule has 0 spiro atoms. The first-order valence-electron chi connectivity index (χ1n) is 6.35. The van der Waals surface area contributed by atoms with Gasteiger partial charge in [-0.15, -0.1) is 0 Å². The van der Waals surface area contributed by atoms with Crippen LogP contribution in [0.15, 0.2) is 18.2 Å². The van der Waals surface area contributed by atoms with Gasteiger partial charge in [0.05, 0.1) is 13.7 Å². The van der Waals surface area contributed by atoms with Gasteiger partial charge in [-0.2, -0.15) is 0 Å². The van der Waals surface area contributed by atoms with E-state index in [0.29, 0.717) is 0 Å². The molecular weight excluding hydrogens is 230 g/mol. The molecule has 0 bridgehead atoms. The molecule has 100 valence electrons. The van der Waals surface area contributed by atoms with Crippen molar-refractivity contribution in [1.29, 1.82) is 0 Å². The summed E-state index contributed by atoms with van der Waals surface area (Å²) in [5, 5.41) is 3.11. The third-order valence-corrected chi connectivity index (χ3v) is 2.96. The number of hydrogen-bond donors (Lipinski definition) is 1. The Morgan fingerprint density at radius 1 is 1.28 bits per heavy atom. The van der Waals surface area contributed by atoms with Gasteiger partial charge in [-0.25, -0.2) is 0 Å². The summed E-state index contributed by atoms with van der Waals surface area (Å²) in [6.45, 7) is 1.91. The molecule has 0 aliphatic heterocycles. The van der Waals surface area contributed by atoms with Crippen molar-refractivity contribution >= 4 is 0 Å². The number of nitrogens with one attached hydrogen (secondary N) is 1. The highest BCUT2D eigenvalue weighted by molar-refractivity contribution is 5.42. The molecule has 1 aromatic rings. The van der Waals surface area contributed by atoms with E-state index in [-0.39, 0.29) is 6.79 Å². The van der Waals surface area contributed by atoms with Gasteiger partial charge in [0, 0.05) is 6.54 Å². The van der Waals surface area contributed by atoms with Gasteiger partial charge in [-0.05, 0) is 43.5 Å². The molecule has 1 saturated carbocycles. The van der Waals surface area contributed by atoms with Crippen LogP contribution in [-0.4, -0.2) is 27.6 Å². The van der Waals surface area contributed by atoms with Gasteiger partial charge in [0.2, 0.25) is 0 Å². The molecule has 1 aliphatic rings. The van der Waals surface area contributed by atoms with E-state index in [9.17, 15) is 0 Å². The van der Waals surface area contributed by atoms with Crippen LogP contribution < -0.4 is 14.8 Å². The van der Waals surface area contributed by atoms with Gasteiger partial charge in [0.15, 0.2) is 18.3 Å². The second-order valence-corrected chi connectivity index (χ2v) is 4.59. The molecule has 0 unspecified atom stereocenters. The lowest BCUT2D eigenvalue weighted by Gasteiger charge is -2.12. The van der Waals surface area contributed by atoms with E-state index >= 15 is 0 Å². The highest BCUT2D eigenvalue weighted by Crippen LogP contribution is 2.30. The maximum atomic E-state index is 5.57. The fourth-order valence-corrected chi connectivity index (χ4v) is 1.75. The predicted molar refractivity (Wildman–Crippen MR) is 69.9 cm³/mol. The van der Waals surface area contributed by atoms with Crippen molar-refractivity contribution < 1.29 is 14.2 Å². The Morgan fingerprint density at radius 2 is 2.11 bits per heavy atom. The highest BCUT2D eigenvalue weighted by Gasteiger charge is 2.21. The van der Waals surface area contributed by atoms with E-state index in [2.05, 4.69) is 5.32 Å². The van der Waals surface area contributed by atoms with Gasteiger partial charge in [0.1, 0.15) is 0 Å². The van der Waals surface area contributed by atoms with Crippen LogP contribution in [0.4, 0.5) is 0 Å². The maximum Gasteiger partial charge on any atom is 0.189 e. The standard InChI is InChI=1S/C14H21NO3/c1-15-8-12-5-6-13(14(7-12)16-2)18-10-17-9-11-3-4-11/h5-7,11,15H,3-4,8-10H2,1-2H3. The average Bonchev–Trinajstić information content (AvgIpc) is 3.20. The molecule has 0 saturated heterocycles. The molecule has 0 amide bonds. The molecular formula is C14H21NO3. The largest absolute Gasteiger partial charge is 0.493 e. The summed E-state index contributed by atoms with van der Waals surface area (Å²) < 4.78 is 16.3. The van der Waals surface area contributed by atoms with Gasteiger partial charge in [-0.3, -0.25) is 0 Å². The minimum Gasteiger partial charge on any atom is -0.493 e. The first-order chi connectivity index (χ1) is 8.83. The molecule has 0 atom stereocenters. The molecule has 4 heteroatoms. The molecule has 2 rings (SSSR count). The summed E-state index contributed by atoms with van der Waals surface area (Å²) in [5.41, 5.74) is 1.17. The van der Waals surface area contributed by atoms with Gasteiger partial charge >= 0.3 is 0 Å². The Bertz CT molecular complexity index is 377. The summed E-state index contributed by atoms with van der Waals surface area (Å²) >= 11 is 0. The quantitative estimate of drug-likeness (QED) is 0.568. The number of hydrogen-bond acceptors (Lipinski definition) is 4. The van der Waals surface area contributed by atoms with Gasteiger partial charge < -0.3 is 19.5 Å². The summed E-state index contributed by atoms with van der Waals surface area (Å²) in [5.74, 6) is 2.24. The summed E-state index contributed by atoms with van der Waals surface area (Å²) in [6.07, 6.45) is 2.59. The third kappa shape index (κ3) is 3.89. The average molecular weight is 251 g/mol. The molecule has 0 heterocycles. The number of benzene rings is 1. The zero-order chi connectivity index (χ0) is 12.8. The van der Waals surface area contributed by atoms with Gasteiger partial charge in [0.25, 0.3) is 0 Å². The Labute approximate surface area is 108 Å². The van der Waals surface area contributed by atoms with E-state index in [4.69, 9.17) is 14.2 Å². The van der Waals surface area contributed by atoms with Crippen LogP contribution in [0.2, 0.25) is 0 Å². The van der Waals surface area contributed by atoms with Crippen LogP contribution in [0.5, 0.6) is 11.5 Å². The van der Waals surface area contributed by atoms with Crippen LogP contribution in [0, 0.1) is 5.92 Å². The number of ether oxygens (including phenoxy) is 3. The third-order valence-electron chi connectivity index (χ3n) is 2.96. The maximum absolute atomic E-state index is 5.57. The Hall–Kier alpha value is -1.26. The van der Waals surface area contributed by atoms with Crippen molar-refractivity contribution in [3.05, 3.63) is 23.8 Å². The summed E-state index contributed by atoms with van der Waals surface area (Å²) in [4.78, 5) is 0. The number of methoxy groups -OCH3 is 1. The van der Waals surface area contributed by atoms with E-state index in [1.54, 1.807) is 7.11 Å². The van der Waals surface area contributed by atoms with Crippen LogP contribution in [0.1, 0.15) is 18.4 Å². The van der Waals surface area contributed by atoms with Crippen LogP contribution >= 0.6 is 0 Å². The van der Waals surface area contributed by atoms with Crippen molar-refractivity contribution in [3.8, 4) is 11.5 Å². The van der Waals surface area contributed by atoms with Crippen molar-refractivity contribution in [2.45, 2.75) is 19.4 Å². The SMILES string of the molecule is CNCc1ccc(OCOCC2CC2)c(OC)c1. The topological polar surface area (TPSA) is 39.7 Å². The highest BCUT2D eigenvalue weighted by atomic mass is 16.7. The lowest BCUT2D eigenvalue weighted by atomic mass is 10.2. The normalized spacial score (nSPS) is 14.6. The Morgan fingerprint density at radius 3 is 2.78 bits per heavy atom. The molecule has 1 fully saturated rings. The van der Waals surface area contributed by atoms with E-state index in [1.165, 1.54) is 18.4 Å². The van der Waals surface area contributed by atoms with E-state index < -0.39 is 0 Å². The van der Waals surface area contributed by atoms with Crippen molar-refractivity contribution in [1.82, 2.24) is 5.32 Å². The molecule has 4 nitrogen and oxygen atoms in total. The zero-order valence-electron chi connectivity index (χ0n) is 11.1. The minimum atomic E-state index is 0.290. The Kier molecular flexibility index (Phi) is 4.84. The van der Waals surface area contributed by atoms with Crippen LogP contribution in [0.3, 0.4) is 0 Å². The van der Waals surface area contributed by atoms with Gasteiger partial charge in [-0.1, -0.05) is 6.07 Å². The molecule has 1 aliphatic carbocycles. The van der Waals surface area contributed by atoms with Crippen LogP contribution in [0.25, 0.3) is 0 Å². The fraction of sp³-hybridized carbons (Fsp3) is 0.571. The first kappa shape index (κ1) is 13.2. The smallest absolute Gasteiger partial charge is 0.189 e.